The number of aryl methyl sites for hydroxylation is 1. The number of aliphatic hydroxyl groups is 1. The van der Waals surface area contributed by atoms with Crippen LogP contribution in [0.25, 0.3) is 0 Å². The average molecular weight is 222 g/mol. The van der Waals surface area contributed by atoms with E-state index in [4.69, 9.17) is 0 Å². The highest BCUT2D eigenvalue weighted by Gasteiger charge is 2.40. The Morgan fingerprint density at radius 2 is 2.12 bits per heavy atom. The van der Waals surface area contributed by atoms with Crippen molar-refractivity contribution in [2.75, 3.05) is 13.1 Å². The van der Waals surface area contributed by atoms with Crippen molar-refractivity contribution in [2.45, 2.75) is 19.4 Å². The summed E-state index contributed by atoms with van der Waals surface area (Å²) >= 11 is 0. The van der Waals surface area contributed by atoms with E-state index in [1.54, 1.807) is 19.9 Å². The topological polar surface area (TPSA) is 73.4 Å². The summed E-state index contributed by atoms with van der Waals surface area (Å²) in [5.74, 6) is -0.326. The van der Waals surface area contributed by atoms with Crippen molar-refractivity contribution in [1.29, 1.82) is 0 Å². The number of pyridine rings is 1. The van der Waals surface area contributed by atoms with E-state index in [0.29, 0.717) is 0 Å². The van der Waals surface area contributed by atoms with Gasteiger partial charge in [-0.2, -0.15) is 0 Å². The third-order valence-corrected chi connectivity index (χ3v) is 2.64. The summed E-state index contributed by atoms with van der Waals surface area (Å²) < 4.78 is 0. The molecule has 0 radical (unpaired) electrons. The van der Waals surface area contributed by atoms with Crippen molar-refractivity contribution in [3.8, 4) is 0 Å². The minimum atomic E-state index is -0.812. The standard InChI is InChI=1S/C11H14N2O3/c1-7-3-4-8(9(14)12-7)10(15)13-5-11(2,16)6-13/h3-4,16H,5-6H2,1-2H3,(H,12,14). The second-order valence-corrected chi connectivity index (χ2v) is 4.54. The number of β-amino-alcohol motifs (C(OH)–C–C–N with tert-alkyl or cyclic N) is 1. The molecular weight excluding hydrogens is 208 g/mol. The molecule has 1 amide bonds. The van der Waals surface area contributed by atoms with Crippen LogP contribution in [0.4, 0.5) is 0 Å². The van der Waals surface area contributed by atoms with Crippen LogP contribution in [0, 0.1) is 6.92 Å². The number of hydrogen-bond donors (Lipinski definition) is 2. The first kappa shape index (κ1) is 10.9. The summed E-state index contributed by atoms with van der Waals surface area (Å²) in [5, 5.41) is 9.51. The predicted molar refractivity (Wildman–Crippen MR) is 58.3 cm³/mol. The first-order valence-electron chi connectivity index (χ1n) is 5.11. The first-order valence-corrected chi connectivity index (χ1v) is 5.11. The van der Waals surface area contributed by atoms with Crippen molar-refractivity contribution in [3.63, 3.8) is 0 Å². The zero-order chi connectivity index (χ0) is 11.9. The molecule has 1 fully saturated rings. The summed E-state index contributed by atoms with van der Waals surface area (Å²) in [5.41, 5.74) is -0.345. The normalized spacial score (nSPS) is 18.1. The lowest BCUT2D eigenvalue weighted by Gasteiger charge is -2.44. The molecule has 1 aromatic heterocycles. The molecule has 0 spiro atoms. The van der Waals surface area contributed by atoms with Crippen LogP contribution in [-0.2, 0) is 0 Å². The van der Waals surface area contributed by atoms with E-state index in [2.05, 4.69) is 4.98 Å². The number of nitrogens with zero attached hydrogens (tertiary/aromatic N) is 1. The van der Waals surface area contributed by atoms with Crippen molar-refractivity contribution < 1.29 is 9.90 Å². The van der Waals surface area contributed by atoms with Crippen molar-refractivity contribution in [1.82, 2.24) is 9.88 Å². The molecule has 1 saturated heterocycles. The second kappa shape index (κ2) is 3.45. The molecule has 0 atom stereocenters. The fourth-order valence-electron chi connectivity index (χ4n) is 1.83. The predicted octanol–water partition coefficient (Wildman–Crippen LogP) is -0.110. The van der Waals surface area contributed by atoms with Gasteiger partial charge in [0, 0.05) is 5.69 Å². The van der Waals surface area contributed by atoms with E-state index < -0.39 is 5.60 Å². The molecule has 5 heteroatoms. The van der Waals surface area contributed by atoms with E-state index in [9.17, 15) is 14.7 Å². The first-order chi connectivity index (χ1) is 7.39. The third-order valence-electron chi connectivity index (χ3n) is 2.64. The van der Waals surface area contributed by atoms with E-state index in [-0.39, 0.29) is 30.1 Å². The Labute approximate surface area is 92.7 Å². The third kappa shape index (κ3) is 1.86. The van der Waals surface area contributed by atoms with Gasteiger partial charge in [0.15, 0.2) is 0 Å². The fraction of sp³-hybridized carbons (Fsp3) is 0.455. The van der Waals surface area contributed by atoms with Gasteiger partial charge in [-0.05, 0) is 26.0 Å². The largest absolute Gasteiger partial charge is 0.386 e. The van der Waals surface area contributed by atoms with Gasteiger partial charge in [0.25, 0.3) is 11.5 Å². The van der Waals surface area contributed by atoms with Crippen LogP contribution in [-0.4, -0.2) is 39.6 Å². The van der Waals surface area contributed by atoms with Crippen LogP contribution in [0.15, 0.2) is 16.9 Å². The maximum atomic E-state index is 11.8. The van der Waals surface area contributed by atoms with Gasteiger partial charge in [-0.25, -0.2) is 0 Å². The monoisotopic (exact) mass is 222 g/mol. The number of aromatic amines is 1. The molecule has 5 nitrogen and oxygen atoms in total. The molecule has 1 aliphatic rings. The van der Waals surface area contributed by atoms with Gasteiger partial charge in [-0.15, -0.1) is 0 Å². The number of rotatable bonds is 1. The molecule has 2 N–H and O–H groups in total. The molecule has 0 saturated carbocycles. The van der Waals surface area contributed by atoms with Gasteiger partial charge in [0.05, 0.1) is 18.7 Å². The average Bonchev–Trinajstić information content (AvgIpc) is 2.13. The van der Waals surface area contributed by atoms with Crippen LogP contribution in [0.2, 0.25) is 0 Å². The number of likely N-dealkylation sites (tertiary alicyclic amines) is 1. The highest BCUT2D eigenvalue weighted by Crippen LogP contribution is 2.21. The van der Waals surface area contributed by atoms with Crippen molar-refractivity contribution >= 4 is 5.91 Å². The van der Waals surface area contributed by atoms with Crippen LogP contribution in [0.5, 0.6) is 0 Å². The number of carbonyl (C=O) groups excluding carboxylic acids is 1. The Kier molecular flexibility index (Phi) is 2.35. The van der Waals surface area contributed by atoms with Crippen LogP contribution >= 0.6 is 0 Å². The number of H-pyrrole nitrogens is 1. The maximum absolute atomic E-state index is 11.8. The van der Waals surface area contributed by atoms with Crippen LogP contribution in [0.1, 0.15) is 23.0 Å². The Balaban J connectivity index is 2.20. The molecule has 1 aliphatic heterocycles. The van der Waals surface area contributed by atoms with Crippen molar-refractivity contribution in [3.05, 3.63) is 33.7 Å². The molecule has 0 unspecified atom stereocenters. The number of amides is 1. The number of carbonyl (C=O) groups is 1. The van der Waals surface area contributed by atoms with E-state index in [1.165, 1.54) is 11.0 Å². The summed E-state index contributed by atoms with van der Waals surface area (Å²) in [6.07, 6.45) is 0. The molecule has 16 heavy (non-hydrogen) atoms. The summed E-state index contributed by atoms with van der Waals surface area (Å²) in [6, 6.07) is 3.20. The lowest BCUT2D eigenvalue weighted by molar-refractivity contribution is -0.0669. The summed E-state index contributed by atoms with van der Waals surface area (Å²) in [7, 11) is 0. The molecule has 2 rings (SSSR count). The van der Waals surface area contributed by atoms with Crippen LogP contribution < -0.4 is 5.56 Å². The van der Waals surface area contributed by atoms with Gasteiger partial charge in [-0.3, -0.25) is 9.59 Å². The molecule has 0 aliphatic carbocycles. The Bertz CT molecular complexity index is 482. The zero-order valence-corrected chi connectivity index (χ0v) is 9.28. The van der Waals surface area contributed by atoms with Gasteiger partial charge in [0.2, 0.25) is 0 Å². The maximum Gasteiger partial charge on any atom is 0.260 e. The van der Waals surface area contributed by atoms with Gasteiger partial charge in [0.1, 0.15) is 5.56 Å². The Morgan fingerprint density at radius 3 is 2.62 bits per heavy atom. The van der Waals surface area contributed by atoms with Gasteiger partial charge >= 0.3 is 0 Å². The lowest BCUT2D eigenvalue weighted by atomic mass is 9.96. The van der Waals surface area contributed by atoms with Gasteiger partial charge < -0.3 is 15.0 Å². The summed E-state index contributed by atoms with van der Waals surface area (Å²) in [4.78, 5) is 27.4. The molecule has 0 bridgehead atoms. The molecule has 2 heterocycles. The highest BCUT2D eigenvalue weighted by atomic mass is 16.3. The minimum Gasteiger partial charge on any atom is -0.386 e. The second-order valence-electron chi connectivity index (χ2n) is 4.54. The number of hydrogen-bond acceptors (Lipinski definition) is 3. The van der Waals surface area contributed by atoms with E-state index in [0.717, 1.165) is 5.69 Å². The van der Waals surface area contributed by atoms with E-state index >= 15 is 0 Å². The zero-order valence-electron chi connectivity index (χ0n) is 9.28. The number of nitrogens with one attached hydrogen (secondary N) is 1. The minimum absolute atomic E-state index is 0.126. The lowest BCUT2D eigenvalue weighted by Crippen LogP contribution is -2.62. The number of aromatic nitrogens is 1. The Hall–Kier alpha value is -1.62. The molecular formula is C11H14N2O3. The highest BCUT2D eigenvalue weighted by molar-refractivity contribution is 5.94. The van der Waals surface area contributed by atoms with E-state index in [1.807, 2.05) is 0 Å². The summed E-state index contributed by atoms with van der Waals surface area (Å²) in [6.45, 7) is 3.97. The Morgan fingerprint density at radius 1 is 1.50 bits per heavy atom. The van der Waals surface area contributed by atoms with Crippen LogP contribution in [0.3, 0.4) is 0 Å². The fourth-order valence-corrected chi connectivity index (χ4v) is 1.83. The molecule has 86 valence electrons. The SMILES string of the molecule is Cc1ccc(C(=O)N2CC(C)(O)C2)c(=O)[nH]1. The molecule has 0 aromatic carbocycles. The molecule has 1 aromatic rings. The van der Waals surface area contributed by atoms with Gasteiger partial charge in [-0.1, -0.05) is 0 Å². The quantitative estimate of drug-likeness (QED) is 0.696. The smallest absolute Gasteiger partial charge is 0.260 e. The van der Waals surface area contributed by atoms with Crippen molar-refractivity contribution in [2.24, 2.45) is 0 Å².